The Labute approximate surface area is 61.4 Å². The molecule has 0 fully saturated rings. The predicted molar refractivity (Wildman–Crippen MR) is 41.7 cm³/mol. The fourth-order valence-electron chi connectivity index (χ4n) is 1.09. The second-order valence-electron chi connectivity index (χ2n) is 2.82. The molecular weight excluding hydrogens is 124 g/mol. The Kier molecular flexibility index (Phi) is 2.05. The van der Waals surface area contributed by atoms with Gasteiger partial charge in [-0.2, -0.15) is 0 Å². The second-order valence-corrected chi connectivity index (χ2v) is 2.82. The van der Waals surface area contributed by atoms with E-state index in [0.717, 1.165) is 12.0 Å². The smallest absolute Gasteiger partial charge is 0.181 e. The van der Waals surface area contributed by atoms with E-state index in [1.165, 1.54) is 0 Å². The molecule has 1 aliphatic rings. The molecular formula is C9H12O. The van der Waals surface area contributed by atoms with Crippen molar-refractivity contribution in [2.24, 2.45) is 5.92 Å². The van der Waals surface area contributed by atoms with E-state index in [9.17, 15) is 4.79 Å². The van der Waals surface area contributed by atoms with Gasteiger partial charge in [0.2, 0.25) is 0 Å². The highest BCUT2D eigenvalue weighted by molar-refractivity contribution is 6.04. The third kappa shape index (κ3) is 1.35. The van der Waals surface area contributed by atoms with Crippen molar-refractivity contribution in [3.8, 4) is 0 Å². The maximum atomic E-state index is 11.1. The van der Waals surface area contributed by atoms with Gasteiger partial charge in [0.1, 0.15) is 0 Å². The van der Waals surface area contributed by atoms with Crippen molar-refractivity contribution in [3.63, 3.8) is 0 Å². The summed E-state index contributed by atoms with van der Waals surface area (Å²) in [5, 5.41) is 0. The average Bonchev–Trinajstić information content (AvgIpc) is 1.88. The molecule has 0 unspecified atom stereocenters. The van der Waals surface area contributed by atoms with Crippen LogP contribution in [-0.2, 0) is 4.79 Å². The summed E-state index contributed by atoms with van der Waals surface area (Å²) in [6.07, 6.45) is 6.48. The summed E-state index contributed by atoms with van der Waals surface area (Å²) < 4.78 is 0. The van der Waals surface area contributed by atoms with Crippen LogP contribution in [0.5, 0.6) is 0 Å². The van der Waals surface area contributed by atoms with Gasteiger partial charge >= 0.3 is 0 Å². The molecule has 10 heavy (non-hydrogen) atoms. The number of carbonyl (C=O) groups is 1. The lowest BCUT2D eigenvalue weighted by molar-refractivity contribution is -0.111. The van der Waals surface area contributed by atoms with Gasteiger partial charge in [-0.15, -0.1) is 0 Å². The van der Waals surface area contributed by atoms with Crippen molar-refractivity contribution in [1.82, 2.24) is 0 Å². The number of rotatable bonds is 1. The van der Waals surface area contributed by atoms with Crippen LogP contribution in [-0.4, -0.2) is 5.78 Å². The minimum atomic E-state index is 0.182. The van der Waals surface area contributed by atoms with Gasteiger partial charge in [-0.3, -0.25) is 4.79 Å². The van der Waals surface area contributed by atoms with E-state index in [0.29, 0.717) is 5.92 Å². The average molecular weight is 136 g/mol. The Morgan fingerprint density at radius 1 is 1.50 bits per heavy atom. The van der Waals surface area contributed by atoms with E-state index in [-0.39, 0.29) is 5.78 Å². The number of ketones is 1. The van der Waals surface area contributed by atoms with E-state index in [2.05, 4.69) is 0 Å². The maximum absolute atomic E-state index is 11.1. The van der Waals surface area contributed by atoms with E-state index in [1.807, 2.05) is 26.0 Å². The molecule has 0 aromatic heterocycles. The Balaban J connectivity index is 2.76. The van der Waals surface area contributed by atoms with Gasteiger partial charge in [-0.25, -0.2) is 0 Å². The molecule has 0 saturated heterocycles. The first-order chi connectivity index (χ1) is 4.72. The van der Waals surface area contributed by atoms with Crippen LogP contribution in [0.3, 0.4) is 0 Å². The summed E-state index contributed by atoms with van der Waals surface area (Å²) in [6, 6.07) is 0. The summed E-state index contributed by atoms with van der Waals surface area (Å²) in [4.78, 5) is 11.1. The lowest BCUT2D eigenvalue weighted by atomic mass is 9.94. The van der Waals surface area contributed by atoms with Gasteiger partial charge in [0, 0.05) is 0 Å². The SMILES string of the molecule is CC(C)C1=CCC=CC1=O. The second kappa shape index (κ2) is 2.82. The fraction of sp³-hybridized carbons (Fsp3) is 0.444. The summed E-state index contributed by atoms with van der Waals surface area (Å²) in [5.74, 6) is 0.554. The van der Waals surface area contributed by atoms with Gasteiger partial charge in [-0.05, 0) is 24.0 Å². The van der Waals surface area contributed by atoms with Crippen molar-refractivity contribution in [2.45, 2.75) is 20.3 Å². The molecule has 1 nitrogen and oxygen atoms in total. The molecule has 0 aromatic carbocycles. The van der Waals surface area contributed by atoms with E-state index in [1.54, 1.807) is 6.08 Å². The topological polar surface area (TPSA) is 17.1 Å². The number of hydrogen-bond acceptors (Lipinski definition) is 1. The summed E-state index contributed by atoms with van der Waals surface area (Å²) in [6.45, 7) is 4.09. The molecule has 0 aromatic rings. The van der Waals surface area contributed by atoms with Crippen molar-refractivity contribution < 1.29 is 4.79 Å². The first-order valence-electron chi connectivity index (χ1n) is 3.62. The van der Waals surface area contributed by atoms with E-state index < -0.39 is 0 Å². The normalized spacial score (nSPS) is 17.9. The third-order valence-electron chi connectivity index (χ3n) is 1.65. The summed E-state index contributed by atoms with van der Waals surface area (Å²) in [5.41, 5.74) is 0.961. The zero-order valence-corrected chi connectivity index (χ0v) is 6.42. The molecule has 0 bridgehead atoms. The zero-order valence-electron chi connectivity index (χ0n) is 6.42. The molecule has 0 N–H and O–H groups in total. The molecule has 1 aliphatic carbocycles. The van der Waals surface area contributed by atoms with Crippen LogP contribution < -0.4 is 0 Å². The highest BCUT2D eigenvalue weighted by atomic mass is 16.1. The maximum Gasteiger partial charge on any atom is 0.181 e. The monoisotopic (exact) mass is 136 g/mol. The minimum Gasteiger partial charge on any atom is -0.290 e. The van der Waals surface area contributed by atoms with E-state index in [4.69, 9.17) is 0 Å². The third-order valence-corrected chi connectivity index (χ3v) is 1.65. The van der Waals surface area contributed by atoms with Crippen LogP contribution in [0.15, 0.2) is 23.8 Å². The Hall–Kier alpha value is -0.850. The summed E-state index contributed by atoms with van der Waals surface area (Å²) >= 11 is 0. The highest BCUT2D eigenvalue weighted by Gasteiger charge is 2.11. The van der Waals surface area contributed by atoms with Crippen LogP contribution in [0.4, 0.5) is 0 Å². The van der Waals surface area contributed by atoms with Gasteiger partial charge in [0.05, 0.1) is 0 Å². The molecule has 1 rings (SSSR count). The minimum absolute atomic E-state index is 0.182. The Bertz CT molecular complexity index is 197. The molecule has 0 aliphatic heterocycles. The molecule has 54 valence electrons. The van der Waals surface area contributed by atoms with Crippen LogP contribution in [0.1, 0.15) is 20.3 Å². The van der Waals surface area contributed by atoms with Crippen molar-refractivity contribution in [1.29, 1.82) is 0 Å². The highest BCUT2D eigenvalue weighted by Crippen LogP contribution is 2.15. The summed E-state index contributed by atoms with van der Waals surface area (Å²) in [7, 11) is 0. The van der Waals surface area contributed by atoms with Gasteiger partial charge in [0.15, 0.2) is 5.78 Å². The molecule has 0 saturated carbocycles. The van der Waals surface area contributed by atoms with Crippen molar-refractivity contribution in [2.75, 3.05) is 0 Å². The van der Waals surface area contributed by atoms with Crippen molar-refractivity contribution >= 4 is 5.78 Å². The Morgan fingerprint density at radius 3 is 2.60 bits per heavy atom. The molecule has 0 amide bonds. The Morgan fingerprint density at radius 2 is 2.20 bits per heavy atom. The molecule has 0 heterocycles. The lowest BCUT2D eigenvalue weighted by Crippen LogP contribution is -2.07. The zero-order chi connectivity index (χ0) is 7.56. The first kappa shape index (κ1) is 7.26. The molecule has 0 atom stereocenters. The number of carbonyl (C=O) groups excluding carboxylic acids is 1. The molecule has 0 radical (unpaired) electrons. The first-order valence-corrected chi connectivity index (χ1v) is 3.62. The number of allylic oxidation sites excluding steroid dienone is 4. The van der Waals surface area contributed by atoms with Crippen LogP contribution >= 0.6 is 0 Å². The van der Waals surface area contributed by atoms with Gasteiger partial charge in [-0.1, -0.05) is 26.0 Å². The van der Waals surface area contributed by atoms with Crippen LogP contribution in [0.25, 0.3) is 0 Å². The van der Waals surface area contributed by atoms with Gasteiger partial charge in [0.25, 0.3) is 0 Å². The van der Waals surface area contributed by atoms with Crippen LogP contribution in [0.2, 0.25) is 0 Å². The lowest BCUT2D eigenvalue weighted by Gasteiger charge is -2.09. The molecule has 1 heteroatoms. The van der Waals surface area contributed by atoms with Gasteiger partial charge < -0.3 is 0 Å². The predicted octanol–water partition coefficient (Wildman–Crippen LogP) is 2.10. The largest absolute Gasteiger partial charge is 0.290 e. The molecule has 0 spiro atoms. The number of hydrogen-bond donors (Lipinski definition) is 0. The van der Waals surface area contributed by atoms with Crippen LogP contribution in [0, 0.1) is 5.92 Å². The quantitative estimate of drug-likeness (QED) is 0.539. The standard InChI is InChI=1S/C9H12O/c1-7(2)8-5-3-4-6-9(8)10/h4-7H,3H2,1-2H3. The van der Waals surface area contributed by atoms with E-state index >= 15 is 0 Å². The fourth-order valence-corrected chi connectivity index (χ4v) is 1.09. The van der Waals surface area contributed by atoms with Crippen molar-refractivity contribution in [3.05, 3.63) is 23.8 Å².